The third-order valence-electron chi connectivity index (χ3n) is 8.50. The van der Waals surface area contributed by atoms with Crippen molar-refractivity contribution in [3.63, 3.8) is 0 Å². The number of carbonyl (C=O) groups is 1. The number of likely N-dealkylation sites (tertiary alicyclic amines) is 1. The Hall–Kier alpha value is -3.14. The average molecular weight is 565 g/mol. The number of hydrogen-bond acceptors (Lipinski definition) is 5. The fourth-order valence-corrected chi connectivity index (χ4v) is 6.35. The van der Waals surface area contributed by atoms with Crippen LogP contribution in [-0.4, -0.2) is 58.1 Å². The number of nitrogens with one attached hydrogen (secondary N) is 3. The Morgan fingerprint density at radius 2 is 2.02 bits per heavy atom. The number of amides is 1. The Morgan fingerprint density at radius 3 is 2.85 bits per heavy atom. The lowest BCUT2D eigenvalue weighted by Gasteiger charge is -2.29. The minimum Gasteiger partial charge on any atom is -0.311 e. The maximum absolute atomic E-state index is 14.4. The third kappa shape index (κ3) is 7.20. The van der Waals surface area contributed by atoms with Crippen molar-refractivity contribution in [2.24, 2.45) is 0 Å². The lowest BCUT2D eigenvalue weighted by Crippen LogP contribution is -2.48. The van der Waals surface area contributed by atoms with Crippen molar-refractivity contribution in [2.45, 2.75) is 83.5 Å². The number of aromatic nitrogens is 2. The minimum atomic E-state index is -0.540. The van der Waals surface area contributed by atoms with E-state index in [4.69, 9.17) is 0 Å². The summed E-state index contributed by atoms with van der Waals surface area (Å²) in [6.45, 7) is 8.26. The summed E-state index contributed by atoms with van der Waals surface area (Å²) in [4.78, 5) is 20.3. The molecule has 0 spiro atoms. The van der Waals surface area contributed by atoms with Gasteiger partial charge in [-0.25, -0.2) is 13.8 Å². The molecule has 0 saturated carbocycles. The van der Waals surface area contributed by atoms with Crippen LogP contribution < -0.4 is 16.0 Å². The van der Waals surface area contributed by atoms with Crippen molar-refractivity contribution in [3.8, 4) is 5.69 Å². The summed E-state index contributed by atoms with van der Waals surface area (Å²) in [5, 5.41) is 10.1. The molecule has 1 aliphatic carbocycles. The summed E-state index contributed by atoms with van der Waals surface area (Å²) >= 11 is 0. The Kier molecular flexibility index (Phi) is 9.80. The summed E-state index contributed by atoms with van der Waals surface area (Å²) in [5.74, 6) is -0.720. The summed E-state index contributed by atoms with van der Waals surface area (Å²) in [6, 6.07) is 10.7. The van der Waals surface area contributed by atoms with Gasteiger partial charge in [0, 0.05) is 31.2 Å². The molecule has 0 bridgehead atoms. The number of imidazole rings is 1. The van der Waals surface area contributed by atoms with Crippen molar-refractivity contribution in [2.75, 3.05) is 25.0 Å². The summed E-state index contributed by atoms with van der Waals surface area (Å²) in [7, 11) is 0. The summed E-state index contributed by atoms with van der Waals surface area (Å²) in [5.41, 5.74) is 3.46. The fraction of sp³-hybridized carbons (Fsp3) is 0.500. The molecule has 1 amide bonds. The van der Waals surface area contributed by atoms with Gasteiger partial charge in [0.1, 0.15) is 18.0 Å². The molecule has 3 N–H and O–H groups in total. The molecule has 41 heavy (non-hydrogen) atoms. The van der Waals surface area contributed by atoms with Crippen LogP contribution in [-0.2, 0) is 24.2 Å². The van der Waals surface area contributed by atoms with Gasteiger partial charge in [-0.1, -0.05) is 38.5 Å². The topological polar surface area (TPSA) is 74.2 Å². The van der Waals surface area contributed by atoms with Crippen molar-refractivity contribution < 1.29 is 13.6 Å². The molecule has 1 aromatic heterocycles. The van der Waals surface area contributed by atoms with E-state index in [1.54, 1.807) is 6.33 Å². The number of benzene rings is 2. The van der Waals surface area contributed by atoms with Crippen LogP contribution in [0.1, 0.15) is 62.6 Å². The van der Waals surface area contributed by atoms with Gasteiger partial charge in [-0.2, -0.15) is 0 Å². The molecule has 2 aliphatic rings. The molecule has 2 heterocycles. The average Bonchev–Trinajstić information content (AvgIpc) is 3.63. The zero-order valence-electron chi connectivity index (χ0n) is 24.1. The van der Waals surface area contributed by atoms with E-state index < -0.39 is 17.7 Å². The Bertz CT molecular complexity index is 1330. The van der Waals surface area contributed by atoms with Gasteiger partial charge in [0.05, 0.1) is 17.9 Å². The molecule has 9 heteroatoms. The molecule has 1 fully saturated rings. The number of para-hydroxylation sites is 1. The molecule has 7 nitrogen and oxygen atoms in total. The number of rotatable bonds is 12. The summed E-state index contributed by atoms with van der Waals surface area (Å²) in [6.07, 6.45) is 9.29. The van der Waals surface area contributed by atoms with Crippen LogP contribution in [0.5, 0.6) is 0 Å². The lowest BCUT2D eigenvalue weighted by atomic mass is 9.87. The molecule has 5 rings (SSSR count). The molecule has 3 atom stereocenters. The summed E-state index contributed by atoms with van der Waals surface area (Å²) < 4.78 is 30.0. The van der Waals surface area contributed by atoms with E-state index in [9.17, 15) is 13.6 Å². The number of carbonyl (C=O) groups excluding carboxylic acids is 1. The maximum Gasteiger partial charge on any atom is 0.242 e. The normalized spacial score (nSPS) is 19.7. The van der Waals surface area contributed by atoms with E-state index in [2.05, 4.69) is 44.9 Å². The maximum atomic E-state index is 14.4. The smallest absolute Gasteiger partial charge is 0.242 e. The first-order valence-electron chi connectivity index (χ1n) is 15.1. The molecule has 2 aromatic carbocycles. The second-order valence-electron chi connectivity index (χ2n) is 11.3. The highest BCUT2D eigenvalue weighted by Gasteiger charge is 2.27. The van der Waals surface area contributed by atoms with Gasteiger partial charge >= 0.3 is 0 Å². The number of hydrogen-bond donors (Lipinski definition) is 3. The van der Waals surface area contributed by atoms with Crippen LogP contribution in [0.2, 0.25) is 0 Å². The van der Waals surface area contributed by atoms with Crippen molar-refractivity contribution in [3.05, 3.63) is 77.2 Å². The van der Waals surface area contributed by atoms with Crippen LogP contribution in [0, 0.1) is 11.6 Å². The quantitative estimate of drug-likeness (QED) is 0.290. The molecular formula is C32H42F2N6O. The van der Waals surface area contributed by atoms with Gasteiger partial charge in [0.25, 0.3) is 0 Å². The van der Waals surface area contributed by atoms with Crippen molar-refractivity contribution in [1.82, 2.24) is 25.1 Å². The van der Waals surface area contributed by atoms with Gasteiger partial charge < -0.3 is 20.5 Å². The van der Waals surface area contributed by atoms with Crippen LogP contribution in [0.3, 0.4) is 0 Å². The number of likely N-dealkylation sites (N-methyl/N-ethyl adjacent to an activating group) is 1. The highest BCUT2D eigenvalue weighted by atomic mass is 19.1. The molecule has 0 radical (unpaired) electrons. The Morgan fingerprint density at radius 1 is 1.17 bits per heavy atom. The monoisotopic (exact) mass is 564 g/mol. The van der Waals surface area contributed by atoms with Gasteiger partial charge in [-0.15, -0.1) is 0 Å². The molecule has 220 valence electrons. The van der Waals surface area contributed by atoms with Crippen molar-refractivity contribution >= 4 is 11.7 Å². The standard InChI is InChI=1S/C32H42F2N6O/c1-3-8-29(37-25-13-12-22-15-24(33)16-28(34)27(22)17-25)32(41)38-31-20-40(21-36-31)30-11-6-5-9-23(30)18-35-19-26-10-7-14-39(26)4-2/h5-6,9,11,15-16,20-21,25-26,29,35,37H,3-4,7-8,10,12-14,17-19H2,1-2H3,(H,38,41)/t25-,26+,29+/m0/s1. The molecular weight excluding hydrogens is 522 g/mol. The van der Waals surface area contributed by atoms with Gasteiger partial charge in [-0.3, -0.25) is 9.69 Å². The SMILES string of the molecule is CCC[C@@H](N[C@H]1CCc2cc(F)cc(F)c2C1)C(=O)Nc1cn(-c2ccccc2CNC[C@H]2CCCN2CC)cn1. The number of aryl methyl sites for hydroxylation is 1. The van der Waals surface area contributed by atoms with Crippen LogP contribution in [0.25, 0.3) is 5.69 Å². The first-order chi connectivity index (χ1) is 19.9. The number of anilines is 1. The zero-order chi connectivity index (χ0) is 28.8. The highest BCUT2D eigenvalue weighted by Crippen LogP contribution is 2.26. The predicted octanol–water partition coefficient (Wildman–Crippen LogP) is 4.98. The van der Waals surface area contributed by atoms with Crippen LogP contribution in [0.15, 0.2) is 48.9 Å². The second-order valence-corrected chi connectivity index (χ2v) is 11.3. The van der Waals surface area contributed by atoms with E-state index in [0.717, 1.165) is 49.8 Å². The van der Waals surface area contributed by atoms with Crippen LogP contribution >= 0.6 is 0 Å². The number of halogens is 2. The first kappa shape index (κ1) is 29.4. The third-order valence-corrected chi connectivity index (χ3v) is 8.50. The Labute approximate surface area is 241 Å². The van der Waals surface area contributed by atoms with E-state index in [1.165, 1.54) is 31.0 Å². The van der Waals surface area contributed by atoms with Gasteiger partial charge in [-0.05, 0) is 80.4 Å². The molecule has 0 unspecified atom stereocenters. The van der Waals surface area contributed by atoms with Crippen molar-refractivity contribution in [1.29, 1.82) is 0 Å². The van der Waals surface area contributed by atoms with E-state index in [-0.39, 0.29) is 11.9 Å². The number of fused-ring (bicyclic) bond motifs is 1. The molecule has 1 saturated heterocycles. The van der Waals surface area contributed by atoms with E-state index >= 15 is 0 Å². The van der Waals surface area contributed by atoms with Crippen LogP contribution in [0.4, 0.5) is 14.6 Å². The number of nitrogens with zero attached hydrogens (tertiary/aromatic N) is 3. The van der Waals surface area contributed by atoms with Gasteiger partial charge in [0.2, 0.25) is 5.91 Å². The Balaban J connectivity index is 1.20. The zero-order valence-corrected chi connectivity index (χ0v) is 24.1. The minimum absolute atomic E-state index is 0.0599. The van der Waals surface area contributed by atoms with Gasteiger partial charge in [0.15, 0.2) is 5.82 Å². The first-order valence-corrected chi connectivity index (χ1v) is 15.1. The highest BCUT2D eigenvalue weighted by molar-refractivity contribution is 5.94. The second kappa shape index (κ2) is 13.7. The molecule has 1 aliphatic heterocycles. The fourth-order valence-electron chi connectivity index (χ4n) is 6.35. The lowest BCUT2D eigenvalue weighted by molar-refractivity contribution is -0.118. The molecule has 3 aromatic rings. The van der Waals surface area contributed by atoms with E-state index in [0.29, 0.717) is 36.7 Å². The predicted molar refractivity (Wildman–Crippen MR) is 158 cm³/mol. The largest absolute Gasteiger partial charge is 0.311 e. The van der Waals surface area contributed by atoms with E-state index in [1.807, 2.05) is 29.8 Å².